The Labute approximate surface area is 330 Å². The smallest absolute Gasteiger partial charge is 0.328 e. The lowest BCUT2D eigenvalue weighted by Crippen LogP contribution is -2.21. The van der Waals surface area contributed by atoms with Crippen molar-refractivity contribution in [1.29, 1.82) is 0 Å². The zero-order valence-electron chi connectivity index (χ0n) is 32.3. The lowest BCUT2D eigenvalue weighted by molar-refractivity contribution is -0.139. The maximum Gasteiger partial charge on any atom is 0.328 e. The third kappa shape index (κ3) is 7.15. The highest BCUT2D eigenvalue weighted by molar-refractivity contribution is 6.15. The summed E-state index contributed by atoms with van der Waals surface area (Å²) in [6, 6.07) is 0.479. The van der Waals surface area contributed by atoms with E-state index in [0.717, 1.165) is 12.4 Å². The molecule has 0 aliphatic heterocycles. The number of aromatic hydroxyl groups is 6. The summed E-state index contributed by atoms with van der Waals surface area (Å²) in [4.78, 5) is 40.8. The van der Waals surface area contributed by atoms with Gasteiger partial charge in [0.2, 0.25) is 0 Å². The van der Waals surface area contributed by atoms with Crippen LogP contribution in [0.2, 0.25) is 0 Å². The second-order valence-electron chi connectivity index (χ2n) is 14.6. The summed E-state index contributed by atoms with van der Waals surface area (Å²) in [6.45, 7) is 10.4. The Morgan fingerprint density at radius 2 is 0.983 bits per heavy atom. The Hall–Kier alpha value is -7.24. The molecule has 302 valence electrons. The van der Waals surface area contributed by atoms with Gasteiger partial charge >= 0.3 is 11.9 Å². The molecule has 0 aliphatic rings. The lowest BCUT2D eigenvalue weighted by Gasteiger charge is -2.23. The molecule has 0 saturated heterocycles. The lowest BCUT2D eigenvalue weighted by atomic mass is 9.83. The van der Waals surface area contributed by atoms with Crippen LogP contribution in [0, 0.1) is 13.8 Å². The number of carbonyl (C=O) groups is 2. The van der Waals surface area contributed by atoms with Gasteiger partial charge < -0.3 is 40.9 Å². The summed E-state index contributed by atoms with van der Waals surface area (Å²) in [5.74, 6) is -6.21. The fourth-order valence-electron chi connectivity index (χ4n) is 7.39. The number of aryl methyl sites for hydroxylation is 2. The first-order chi connectivity index (χ1) is 27.4. The van der Waals surface area contributed by atoms with Crippen molar-refractivity contribution < 1.29 is 50.4 Å². The van der Waals surface area contributed by atoms with Crippen LogP contribution in [0.15, 0.2) is 34.8 Å². The minimum atomic E-state index is -1.41. The average molecular weight is 795 g/mol. The van der Waals surface area contributed by atoms with Crippen LogP contribution in [0.3, 0.4) is 0 Å². The predicted molar refractivity (Wildman–Crippen MR) is 213 cm³/mol. The topological polar surface area (TPSA) is 304 Å². The summed E-state index contributed by atoms with van der Waals surface area (Å²) in [5, 5.41) is 103. The molecule has 2 heterocycles. The summed E-state index contributed by atoms with van der Waals surface area (Å²) in [5.41, 5.74) is 1.12. The number of nitrogens with one attached hydrogen (secondary N) is 2. The van der Waals surface area contributed by atoms with Gasteiger partial charge in [0.05, 0.1) is 0 Å². The molecule has 0 fully saturated rings. The van der Waals surface area contributed by atoms with Gasteiger partial charge in [-0.05, 0) is 47.6 Å². The number of H-pyrrole nitrogens is 2. The molecule has 2 aromatic heterocycles. The number of rotatable bonds is 13. The van der Waals surface area contributed by atoms with Gasteiger partial charge in [-0.3, -0.25) is 20.2 Å². The van der Waals surface area contributed by atoms with E-state index >= 15 is 0 Å². The van der Waals surface area contributed by atoms with Crippen molar-refractivity contribution in [3.05, 3.63) is 69.8 Å². The fourth-order valence-corrected chi connectivity index (χ4v) is 7.39. The van der Waals surface area contributed by atoms with Crippen molar-refractivity contribution in [1.82, 2.24) is 30.4 Å². The number of benzene rings is 4. The standard InChI is InChI=1S/C40H42N8O10/c1-15(2)27-19-7-17(5)29(35(51)31(19)21(33(49)37(27)53)11-41-23(39(55)56)9-25-43-13-45-47-25)30-18(6)8-20-28(16(3)4)38(54)34(50)22(32(20)36(30)52)12-42-24(40(57)58)10-26-44-14-46-48-26/h7-8,11-16,23-24,49-54H,9-10H2,1-6H3,(H,55,56)(H,57,58)(H,43,45,47)(H,44,46,48). The van der Waals surface area contributed by atoms with Gasteiger partial charge in [-0.15, -0.1) is 0 Å². The number of hydrogen-bond acceptors (Lipinski definition) is 14. The number of aromatic amines is 2. The Kier molecular flexibility index (Phi) is 11.0. The van der Waals surface area contributed by atoms with Crippen LogP contribution in [-0.2, 0) is 22.4 Å². The van der Waals surface area contributed by atoms with Gasteiger partial charge in [-0.2, -0.15) is 10.2 Å². The van der Waals surface area contributed by atoms with E-state index in [1.54, 1.807) is 53.7 Å². The number of phenolic OH excluding ortho intramolecular Hbond substituents is 6. The van der Waals surface area contributed by atoms with E-state index in [0.29, 0.717) is 21.9 Å². The van der Waals surface area contributed by atoms with E-state index in [9.17, 15) is 50.4 Å². The van der Waals surface area contributed by atoms with E-state index in [1.807, 2.05) is 0 Å². The Bertz CT molecular complexity index is 2450. The van der Waals surface area contributed by atoms with Crippen LogP contribution in [0.4, 0.5) is 0 Å². The minimum absolute atomic E-state index is 0.0130. The highest BCUT2D eigenvalue weighted by Crippen LogP contribution is 2.54. The van der Waals surface area contributed by atoms with E-state index < -0.39 is 58.5 Å². The molecular formula is C40H42N8O10. The quantitative estimate of drug-likeness (QED) is 0.0529. The molecular weight excluding hydrogens is 752 g/mol. The van der Waals surface area contributed by atoms with E-state index in [1.165, 1.54) is 12.7 Å². The molecule has 2 atom stereocenters. The molecule has 0 saturated carbocycles. The normalized spacial score (nSPS) is 13.2. The summed E-state index contributed by atoms with van der Waals surface area (Å²) >= 11 is 0. The number of phenols is 6. The number of aliphatic imine (C=N–C) groups is 2. The van der Waals surface area contributed by atoms with Crippen LogP contribution < -0.4 is 0 Å². The Morgan fingerprint density at radius 3 is 1.28 bits per heavy atom. The van der Waals surface area contributed by atoms with E-state index in [-0.39, 0.29) is 80.5 Å². The highest BCUT2D eigenvalue weighted by Gasteiger charge is 2.30. The maximum atomic E-state index is 12.4. The second-order valence-corrected chi connectivity index (χ2v) is 14.6. The van der Waals surface area contributed by atoms with Crippen molar-refractivity contribution in [2.24, 2.45) is 9.98 Å². The molecule has 0 radical (unpaired) electrons. The number of carboxylic acid groups (broad SMARTS) is 2. The maximum absolute atomic E-state index is 12.4. The largest absolute Gasteiger partial charge is 0.507 e. The number of carboxylic acids is 2. The number of nitrogens with zero attached hydrogens (tertiary/aromatic N) is 6. The molecule has 10 N–H and O–H groups in total. The second kappa shape index (κ2) is 15.7. The SMILES string of the molecule is Cc1cc2c(C(C)C)c(O)c(O)c(C=NC(Cc3ncn[nH]3)C(=O)O)c2c(O)c1-c1c(C)cc2c(C(C)C)c(O)c(O)c(C=NC(Cc3ncn[nH]3)C(=O)O)c2c1O. The van der Waals surface area contributed by atoms with Crippen LogP contribution in [-0.4, -0.2) is 108 Å². The molecule has 18 heteroatoms. The van der Waals surface area contributed by atoms with E-state index in [4.69, 9.17) is 0 Å². The predicted octanol–water partition coefficient (Wildman–Crippen LogP) is 5.22. The van der Waals surface area contributed by atoms with Gasteiger partial charge in [0.25, 0.3) is 0 Å². The first-order valence-corrected chi connectivity index (χ1v) is 18.1. The van der Waals surface area contributed by atoms with Crippen LogP contribution in [0.25, 0.3) is 32.7 Å². The van der Waals surface area contributed by atoms with Gasteiger partial charge in [0, 0.05) is 69.4 Å². The van der Waals surface area contributed by atoms with Gasteiger partial charge in [-0.25, -0.2) is 19.6 Å². The zero-order chi connectivity index (χ0) is 42.3. The number of hydrogen-bond donors (Lipinski definition) is 10. The van der Waals surface area contributed by atoms with Gasteiger partial charge in [-0.1, -0.05) is 39.8 Å². The Balaban J connectivity index is 1.66. The monoisotopic (exact) mass is 794 g/mol. The van der Waals surface area contributed by atoms with Crippen molar-refractivity contribution in [2.45, 2.75) is 78.3 Å². The first kappa shape index (κ1) is 40.4. The highest BCUT2D eigenvalue weighted by atomic mass is 16.4. The van der Waals surface area contributed by atoms with Gasteiger partial charge in [0.1, 0.15) is 35.8 Å². The fraction of sp³-hybridized carbons (Fsp3) is 0.300. The molecule has 6 aromatic rings. The third-order valence-electron chi connectivity index (χ3n) is 10.0. The number of aromatic nitrogens is 6. The molecule has 0 bridgehead atoms. The molecule has 6 rings (SSSR count). The summed E-state index contributed by atoms with van der Waals surface area (Å²) < 4.78 is 0. The molecule has 0 aliphatic carbocycles. The molecule has 4 aromatic carbocycles. The molecule has 2 unspecified atom stereocenters. The molecule has 58 heavy (non-hydrogen) atoms. The van der Waals surface area contributed by atoms with Crippen LogP contribution >= 0.6 is 0 Å². The number of aliphatic carboxylic acids is 2. The molecule has 0 amide bonds. The minimum Gasteiger partial charge on any atom is -0.507 e. The number of fused-ring (bicyclic) bond motifs is 2. The van der Waals surface area contributed by atoms with Crippen molar-refractivity contribution in [2.75, 3.05) is 0 Å². The van der Waals surface area contributed by atoms with Crippen LogP contribution in [0.1, 0.15) is 84.6 Å². The summed E-state index contributed by atoms with van der Waals surface area (Å²) in [7, 11) is 0. The van der Waals surface area contributed by atoms with Crippen LogP contribution in [0.5, 0.6) is 34.5 Å². The Morgan fingerprint density at radius 1 is 0.621 bits per heavy atom. The van der Waals surface area contributed by atoms with Crippen molar-refractivity contribution in [3.8, 4) is 45.6 Å². The first-order valence-electron chi connectivity index (χ1n) is 18.1. The summed E-state index contributed by atoms with van der Waals surface area (Å²) in [6.07, 6.45) is 4.13. The zero-order valence-corrected chi connectivity index (χ0v) is 32.3. The average Bonchev–Trinajstić information content (AvgIpc) is 3.87. The van der Waals surface area contributed by atoms with Crippen molar-refractivity contribution in [3.63, 3.8) is 0 Å². The molecule has 0 spiro atoms. The van der Waals surface area contributed by atoms with Crippen molar-refractivity contribution >= 4 is 45.9 Å². The van der Waals surface area contributed by atoms with Gasteiger partial charge in [0.15, 0.2) is 35.1 Å². The third-order valence-corrected chi connectivity index (χ3v) is 10.0. The molecule has 18 nitrogen and oxygen atoms in total. The van der Waals surface area contributed by atoms with E-state index in [2.05, 4.69) is 40.3 Å².